The van der Waals surface area contributed by atoms with Crippen LogP contribution >= 0.6 is 0 Å². The largest absolute Gasteiger partial charge is 0.340 e. The number of rotatable bonds is 5. The van der Waals surface area contributed by atoms with Crippen molar-refractivity contribution >= 4 is 21.4 Å². The normalized spacial score (nSPS) is 15.6. The second-order valence-electron chi connectivity index (χ2n) is 6.69. The zero-order valence-corrected chi connectivity index (χ0v) is 15.9. The number of hydrogen-bond donors (Lipinski definition) is 0. The highest BCUT2D eigenvalue weighted by molar-refractivity contribution is 7.92. The molecule has 0 N–H and O–H groups in total. The van der Waals surface area contributed by atoms with Crippen molar-refractivity contribution in [3.8, 4) is 0 Å². The van der Waals surface area contributed by atoms with Crippen LogP contribution in [0.25, 0.3) is 5.65 Å². The molecular weight excluding hydrogens is 340 g/mol. The maximum atomic E-state index is 12.3. The summed E-state index contributed by atoms with van der Waals surface area (Å²) in [5.74, 6) is 0.130. The van der Waals surface area contributed by atoms with Crippen LogP contribution in [0.5, 0.6) is 0 Å². The first-order valence-electron chi connectivity index (χ1n) is 8.54. The number of nitrogens with zero attached hydrogens (tertiary/aromatic N) is 4. The summed E-state index contributed by atoms with van der Waals surface area (Å²) in [5.41, 5.74) is 4.67. The number of carbonyl (C=O) groups is 1. The lowest BCUT2D eigenvalue weighted by Crippen LogP contribution is -2.57. The van der Waals surface area contributed by atoms with Gasteiger partial charge in [0, 0.05) is 42.7 Å². The fourth-order valence-electron chi connectivity index (χ4n) is 3.30. The molecule has 1 aliphatic rings. The molecule has 0 aliphatic carbocycles. The molecule has 0 radical (unpaired) electrons. The monoisotopic (exact) mass is 364 g/mol. The Kier molecular flexibility index (Phi) is 4.57. The van der Waals surface area contributed by atoms with E-state index in [0.29, 0.717) is 25.9 Å². The molecule has 0 saturated carbocycles. The molecule has 0 aromatic carbocycles. The molecule has 1 saturated heterocycles. The first-order chi connectivity index (χ1) is 11.7. The van der Waals surface area contributed by atoms with Gasteiger partial charge in [-0.2, -0.15) is 5.10 Å². The van der Waals surface area contributed by atoms with E-state index in [1.807, 2.05) is 31.4 Å². The van der Waals surface area contributed by atoms with E-state index in [-0.39, 0.29) is 11.7 Å². The number of aryl methyl sites for hydroxylation is 3. The van der Waals surface area contributed by atoms with Crippen molar-refractivity contribution in [1.82, 2.24) is 19.5 Å². The van der Waals surface area contributed by atoms with Crippen molar-refractivity contribution in [2.75, 3.05) is 18.8 Å². The number of sulfone groups is 1. The van der Waals surface area contributed by atoms with Gasteiger partial charge in [0.05, 0.1) is 10.9 Å². The van der Waals surface area contributed by atoms with Gasteiger partial charge in [0.1, 0.15) is 0 Å². The predicted molar refractivity (Wildman–Crippen MR) is 95.3 cm³/mol. The van der Waals surface area contributed by atoms with Crippen LogP contribution in [0.1, 0.15) is 36.0 Å². The third-order valence-electron chi connectivity index (χ3n) is 4.99. The highest BCUT2D eigenvalue weighted by Crippen LogP contribution is 2.21. The van der Waals surface area contributed by atoms with Crippen LogP contribution in [0.2, 0.25) is 0 Å². The minimum absolute atomic E-state index is 0.00176. The van der Waals surface area contributed by atoms with E-state index >= 15 is 0 Å². The summed E-state index contributed by atoms with van der Waals surface area (Å²) < 4.78 is 25.4. The van der Waals surface area contributed by atoms with Crippen LogP contribution in [-0.2, 0) is 21.1 Å². The molecule has 25 heavy (non-hydrogen) atoms. The van der Waals surface area contributed by atoms with E-state index in [1.165, 1.54) is 0 Å². The van der Waals surface area contributed by atoms with Crippen LogP contribution in [0.3, 0.4) is 0 Å². The molecule has 2 aromatic rings. The maximum absolute atomic E-state index is 12.3. The Balaban J connectivity index is 1.66. The lowest BCUT2D eigenvalue weighted by atomic mass is 10.0. The van der Waals surface area contributed by atoms with Crippen LogP contribution in [0, 0.1) is 20.8 Å². The maximum Gasteiger partial charge on any atom is 0.222 e. The van der Waals surface area contributed by atoms with Crippen molar-refractivity contribution in [3.05, 3.63) is 28.7 Å². The summed E-state index contributed by atoms with van der Waals surface area (Å²) >= 11 is 0. The second kappa shape index (κ2) is 6.40. The Hall–Kier alpha value is -1.96. The fraction of sp³-hybridized carbons (Fsp3) is 0.588. The van der Waals surface area contributed by atoms with Crippen LogP contribution in [0.4, 0.5) is 0 Å². The van der Waals surface area contributed by atoms with E-state index in [4.69, 9.17) is 0 Å². The van der Waals surface area contributed by atoms with Crippen molar-refractivity contribution in [2.24, 2.45) is 0 Å². The zero-order chi connectivity index (χ0) is 18.4. The smallest absolute Gasteiger partial charge is 0.222 e. The number of hydrogen-bond acceptors (Lipinski definition) is 5. The molecule has 0 unspecified atom stereocenters. The minimum Gasteiger partial charge on any atom is -0.340 e. The Morgan fingerprint density at radius 3 is 2.60 bits per heavy atom. The van der Waals surface area contributed by atoms with Crippen LogP contribution in [-0.4, -0.2) is 57.9 Å². The first kappa shape index (κ1) is 17.8. The third kappa shape index (κ3) is 3.27. The molecule has 0 bridgehead atoms. The number of likely N-dealkylation sites (tertiary alicyclic amines) is 1. The lowest BCUT2D eigenvalue weighted by Gasteiger charge is -2.38. The SMILES string of the molecule is CCS(=O)(=O)C1CN(C(=O)CCc2c(C)nc3cc(C)nn3c2C)C1. The van der Waals surface area contributed by atoms with Gasteiger partial charge in [0.25, 0.3) is 0 Å². The molecule has 1 aliphatic heterocycles. The Morgan fingerprint density at radius 1 is 1.28 bits per heavy atom. The highest BCUT2D eigenvalue weighted by atomic mass is 32.2. The van der Waals surface area contributed by atoms with E-state index in [2.05, 4.69) is 10.1 Å². The van der Waals surface area contributed by atoms with E-state index in [1.54, 1.807) is 11.8 Å². The molecule has 7 nitrogen and oxygen atoms in total. The Morgan fingerprint density at radius 2 is 1.96 bits per heavy atom. The van der Waals surface area contributed by atoms with Crippen molar-refractivity contribution in [2.45, 2.75) is 45.8 Å². The minimum atomic E-state index is -3.05. The van der Waals surface area contributed by atoms with Crippen LogP contribution in [0.15, 0.2) is 6.07 Å². The van der Waals surface area contributed by atoms with Gasteiger partial charge in [-0.05, 0) is 32.8 Å². The number of carbonyl (C=O) groups excluding carboxylic acids is 1. The predicted octanol–water partition coefficient (Wildman–Crippen LogP) is 1.23. The molecule has 0 atom stereocenters. The molecule has 136 valence electrons. The van der Waals surface area contributed by atoms with Gasteiger partial charge in [-0.25, -0.2) is 17.9 Å². The zero-order valence-electron chi connectivity index (χ0n) is 15.1. The Labute approximate surface area is 148 Å². The van der Waals surface area contributed by atoms with Gasteiger partial charge in [-0.1, -0.05) is 6.92 Å². The molecular formula is C17H24N4O3S. The molecule has 3 rings (SSSR count). The van der Waals surface area contributed by atoms with Crippen molar-refractivity contribution in [1.29, 1.82) is 0 Å². The van der Waals surface area contributed by atoms with E-state index < -0.39 is 15.1 Å². The topological polar surface area (TPSA) is 84.6 Å². The molecule has 1 fully saturated rings. The van der Waals surface area contributed by atoms with Crippen molar-refractivity contribution in [3.63, 3.8) is 0 Å². The molecule has 2 aromatic heterocycles. The molecule has 8 heteroatoms. The lowest BCUT2D eigenvalue weighted by molar-refractivity contribution is -0.134. The van der Waals surface area contributed by atoms with Gasteiger partial charge >= 0.3 is 0 Å². The number of amides is 1. The summed E-state index contributed by atoms with van der Waals surface area (Å²) in [4.78, 5) is 18.5. The van der Waals surface area contributed by atoms with E-state index in [9.17, 15) is 13.2 Å². The number of fused-ring (bicyclic) bond motifs is 1. The van der Waals surface area contributed by atoms with E-state index in [0.717, 1.165) is 28.3 Å². The average Bonchev–Trinajstić information content (AvgIpc) is 2.85. The molecule has 1 amide bonds. The summed E-state index contributed by atoms with van der Waals surface area (Å²) in [6.45, 7) is 8.15. The highest BCUT2D eigenvalue weighted by Gasteiger charge is 2.38. The third-order valence-corrected chi connectivity index (χ3v) is 7.10. The number of aromatic nitrogens is 3. The summed E-state index contributed by atoms with van der Waals surface area (Å²) in [5, 5.41) is 4.05. The first-order valence-corrected chi connectivity index (χ1v) is 10.3. The summed E-state index contributed by atoms with van der Waals surface area (Å²) in [7, 11) is -3.05. The van der Waals surface area contributed by atoms with Gasteiger partial charge in [0.2, 0.25) is 5.91 Å². The average molecular weight is 364 g/mol. The quantitative estimate of drug-likeness (QED) is 0.797. The van der Waals surface area contributed by atoms with Gasteiger partial charge in [0.15, 0.2) is 15.5 Å². The van der Waals surface area contributed by atoms with Crippen molar-refractivity contribution < 1.29 is 13.2 Å². The Bertz CT molecular complexity index is 927. The summed E-state index contributed by atoms with van der Waals surface area (Å²) in [6.07, 6.45) is 0.939. The van der Waals surface area contributed by atoms with Crippen LogP contribution < -0.4 is 0 Å². The van der Waals surface area contributed by atoms with Gasteiger partial charge in [-0.15, -0.1) is 0 Å². The summed E-state index contributed by atoms with van der Waals surface area (Å²) in [6, 6.07) is 1.93. The second-order valence-corrected chi connectivity index (χ2v) is 9.26. The fourth-order valence-corrected chi connectivity index (χ4v) is 4.58. The molecule has 0 spiro atoms. The van der Waals surface area contributed by atoms with Gasteiger partial charge in [-0.3, -0.25) is 4.79 Å². The molecule has 3 heterocycles. The van der Waals surface area contributed by atoms with Gasteiger partial charge < -0.3 is 4.90 Å². The standard InChI is InChI=1S/C17H24N4O3S/c1-5-25(23,24)14-9-20(10-14)17(22)7-6-15-12(3)18-16-8-11(2)19-21(16)13(15)4/h8,14H,5-7,9-10H2,1-4H3.